The average Bonchev–Trinajstić information content (AvgIpc) is 3.00. The summed E-state index contributed by atoms with van der Waals surface area (Å²) >= 11 is 0. The maximum absolute atomic E-state index is 6.10. The predicted octanol–water partition coefficient (Wildman–Crippen LogP) is 7.03. The second-order valence-electron chi connectivity index (χ2n) is 9.33. The van der Waals surface area contributed by atoms with Crippen LogP contribution in [0, 0.1) is 6.92 Å². The summed E-state index contributed by atoms with van der Waals surface area (Å²) in [5.41, 5.74) is 7.32. The molecule has 0 unspecified atom stereocenters. The SMILES string of the molecule is Cc1ccc2c(c1)c1c3n2CCCN(Cc2cccc(Oc4ccccc4)c2)[C@H]3CCC1. The number of ether oxygens (including phenoxy) is 1. The zero-order chi connectivity index (χ0) is 21.5. The summed E-state index contributed by atoms with van der Waals surface area (Å²) in [4.78, 5) is 2.72. The Balaban J connectivity index is 1.32. The van der Waals surface area contributed by atoms with Gasteiger partial charge in [-0.2, -0.15) is 0 Å². The number of rotatable bonds is 4. The molecule has 0 saturated heterocycles. The molecular formula is C29H30N2O. The number of hydrogen-bond acceptors (Lipinski definition) is 2. The molecule has 162 valence electrons. The van der Waals surface area contributed by atoms with Crippen molar-refractivity contribution in [2.75, 3.05) is 6.54 Å². The van der Waals surface area contributed by atoms with Gasteiger partial charge in [0.25, 0.3) is 0 Å². The Morgan fingerprint density at radius 1 is 0.875 bits per heavy atom. The highest BCUT2D eigenvalue weighted by Gasteiger charge is 2.33. The molecule has 3 aromatic carbocycles. The summed E-state index contributed by atoms with van der Waals surface area (Å²) < 4.78 is 8.74. The molecular weight excluding hydrogens is 392 g/mol. The number of aryl methyl sites for hydroxylation is 3. The normalized spacial score (nSPS) is 18.3. The molecule has 1 aliphatic heterocycles. The van der Waals surface area contributed by atoms with Crippen molar-refractivity contribution in [1.29, 1.82) is 0 Å². The fourth-order valence-corrected chi connectivity index (χ4v) is 5.75. The smallest absolute Gasteiger partial charge is 0.127 e. The lowest BCUT2D eigenvalue weighted by atomic mass is 9.90. The fourth-order valence-electron chi connectivity index (χ4n) is 5.75. The monoisotopic (exact) mass is 422 g/mol. The largest absolute Gasteiger partial charge is 0.457 e. The van der Waals surface area contributed by atoms with E-state index in [0.717, 1.165) is 31.1 Å². The van der Waals surface area contributed by atoms with Gasteiger partial charge in [-0.05, 0) is 80.1 Å². The lowest BCUT2D eigenvalue weighted by Gasteiger charge is -2.33. The first kappa shape index (κ1) is 19.6. The topological polar surface area (TPSA) is 17.4 Å². The predicted molar refractivity (Wildman–Crippen MR) is 130 cm³/mol. The molecule has 6 rings (SSSR count). The third-order valence-electron chi connectivity index (χ3n) is 7.12. The van der Waals surface area contributed by atoms with Gasteiger partial charge in [0.2, 0.25) is 0 Å². The highest BCUT2D eigenvalue weighted by molar-refractivity contribution is 5.87. The minimum absolute atomic E-state index is 0.507. The molecule has 4 aromatic rings. The maximum atomic E-state index is 6.10. The van der Waals surface area contributed by atoms with Crippen LogP contribution < -0.4 is 4.74 Å². The van der Waals surface area contributed by atoms with E-state index in [4.69, 9.17) is 4.74 Å². The molecule has 2 heterocycles. The van der Waals surface area contributed by atoms with Crippen LogP contribution in [-0.4, -0.2) is 16.0 Å². The van der Waals surface area contributed by atoms with E-state index in [1.807, 2.05) is 30.3 Å². The zero-order valence-corrected chi connectivity index (χ0v) is 18.8. The number of benzene rings is 3. The lowest BCUT2D eigenvalue weighted by Crippen LogP contribution is -2.31. The third-order valence-corrected chi connectivity index (χ3v) is 7.12. The Kier molecular flexibility index (Phi) is 4.99. The first-order valence-electron chi connectivity index (χ1n) is 11.9. The molecule has 2 aliphatic rings. The molecule has 32 heavy (non-hydrogen) atoms. The maximum Gasteiger partial charge on any atom is 0.127 e. The molecule has 1 atom stereocenters. The number of hydrogen-bond donors (Lipinski definition) is 0. The summed E-state index contributed by atoms with van der Waals surface area (Å²) in [6.45, 7) is 5.45. The van der Waals surface area contributed by atoms with Crippen molar-refractivity contribution in [3.63, 3.8) is 0 Å². The Labute approximate surface area is 190 Å². The summed E-state index contributed by atoms with van der Waals surface area (Å²) in [7, 11) is 0. The van der Waals surface area contributed by atoms with E-state index < -0.39 is 0 Å². The van der Waals surface area contributed by atoms with E-state index in [0.29, 0.717) is 6.04 Å². The summed E-state index contributed by atoms with van der Waals surface area (Å²) in [6.07, 6.45) is 4.94. The molecule has 0 saturated carbocycles. The molecule has 0 spiro atoms. The van der Waals surface area contributed by atoms with Crippen LogP contribution in [0.25, 0.3) is 10.9 Å². The van der Waals surface area contributed by atoms with Crippen molar-refractivity contribution in [1.82, 2.24) is 9.47 Å². The second-order valence-corrected chi connectivity index (χ2v) is 9.33. The van der Waals surface area contributed by atoms with E-state index >= 15 is 0 Å². The quantitative estimate of drug-likeness (QED) is 0.351. The van der Waals surface area contributed by atoms with Crippen LogP contribution in [0.3, 0.4) is 0 Å². The highest BCUT2D eigenvalue weighted by atomic mass is 16.5. The second kappa shape index (κ2) is 8.14. The van der Waals surface area contributed by atoms with Gasteiger partial charge >= 0.3 is 0 Å². The molecule has 3 heteroatoms. The van der Waals surface area contributed by atoms with Crippen molar-refractivity contribution in [2.45, 2.75) is 51.7 Å². The van der Waals surface area contributed by atoms with Gasteiger partial charge in [0.15, 0.2) is 0 Å². The minimum Gasteiger partial charge on any atom is -0.457 e. The van der Waals surface area contributed by atoms with Crippen molar-refractivity contribution in [2.24, 2.45) is 0 Å². The van der Waals surface area contributed by atoms with E-state index in [1.165, 1.54) is 47.7 Å². The molecule has 0 N–H and O–H groups in total. The van der Waals surface area contributed by atoms with Gasteiger partial charge in [-0.15, -0.1) is 0 Å². The Morgan fingerprint density at radius 3 is 2.66 bits per heavy atom. The standard InChI is InChI=1S/C29H30N2O/c1-21-14-15-27-26(18-21)25-12-6-13-28-29(25)31(27)17-7-16-30(28)20-22-8-5-11-24(19-22)32-23-9-3-2-4-10-23/h2-5,8-11,14-15,18-19,28H,6-7,12-13,16-17,20H2,1H3/t28-/m0/s1. The fraction of sp³-hybridized carbons (Fsp3) is 0.310. The van der Waals surface area contributed by atoms with E-state index in [1.54, 1.807) is 11.3 Å². The van der Waals surface area contributed by atoms with Gasteiger partial charge in [0.1, 0.15) is 11.5 Å². The molecule has 1 aliphatic carbocycles. The first-order chi connectivity index (χ1) is 15.8. The minimum atomic E-state index is 0.507. The van der Waals surface area contributed by atoms with E-state index in [2.05, 4.69) is 58.9 Å². The summed E-state index contributed by atoms with van der Waals surface area (Å²) in [6, 6.07) is 26.2. The average molecular weight is 423 g/mol. The van der Waals surface area contributed by atoms with Crippen LogP contribution in [0.2, 0.25) is 0 Å². The number of aromatic nitrogens is 1. The van der Waals surface area contributed by atoms with Crippen LogP contribution in [0.5, 0.6) is 11.5 Å². The molecule has 0 radical (unpaired) electrons. The van der Waals surface area contributed by atoms with Crippen molar-refractivity contribution < 1.29 is 4.74 Å². The van der Waals surface area contributed by atoms with Crippen molar-refractivity contribution >= 4 is 10.9 Å². The number of para-hydroxylation sites is 1. The van der Waals surface area contributed by atoms with Crippen molar-refractivity contribution in [3.05, 3.63) is 95.2 Å². The van der Waals surface area contributed by atoms with Gasteiger partial charge in [-0.1, -0.05) is 42.0 Å². The molecule has 0 amide bonds. The highest BCUT2D eigenvalue weighted by Crippen LogP contribution is 2.42. The van der Waals surface area contributed by atoms with E-state index in [-0.39, 0.29) is 0 Å². The van der Waals surface area contributed by atoms with Gasteiger partial charge in [-0.3, -0.25) is 4.90 Å². The van der Waals surface area contributed by atoms with Gasteiger partial charge in [0, 0.05) is 36.2 Å². The van der Waals surface area contributed by atoms with Crippen molar-refractivity contribution in [3.8, 4) is 11.5 Å². The Morgan fingerprint density at radius 2 is 1.75 bits per heavy atom. The van der Waals surface area contributed by atoms with E-state index in [9.17, 15) is 0 Å². The van der Waals surface area contributed by atoms with Crippen LogP contribution in [-0.2, 0) is 19.5 Å². The van der Waals surface area contributed by atoms with Crippen LogP contribution in [0.4, 0.5) is 0 Å². The zero-order valence-electron chi connectivity index (χ0n) is 18.8. The molecule has 0 bridgehead atoms. The Bertz CT molecular complexity index is 1250. The molecule has 3 nitrogen and oxygen atoms in total. The molecule has 0 fully saturated rings. The number of fused-ring (bicyclic) bond motifs is 3. The van der Waals surface area contributed by atoms with Crippen LogP contribution in [0.1, 0.15) is 47.7 Å². The van der Waals surface area contributed by atoms with Crippen LogP contribution >= 0.6 is 0 Å². The van der Waals surface area contributed by atoms with Crippen LogP contribution in [0.15, 0.2) is 72.8 Å². The Hall–Kier alpha value is -3.04. The molecule has 1 aromatic heterocycles. The summed E-state index contributed by atoms with van der Waals surface area (Å²) in [5, 5.41) is 1.49. The third kappa shape index (κ3) is 3.51. The van der Waals surface area contributed by atoms with Gasteiger partial charge in [0.05, 0.1) is 6.04 Å². The summed E-state index contributed by atoms with van der Waals surface area (Å²) in [5.74, 6) is 1.80. The lowest BCUT2D eigenvalue weighted by molar-refractivity contribution is 0.173. The number of nitrogens with zero attached hydrogens (tertiary/aromatic N) is 2. The first-order valence-corrected chi connectivity index (χ1v) is 11.9. The van der Waals surface area contributed by atoms with Gasteiger partial charge < -0.3 is 9.30 Å². The van der Waals surface area contributed by atoms with Gasteiger partial charge in [-0.25, -0.2) is 0 Å².